The van der Waals surface area contributed by atoms with Crippen molar-refractivity contribution in [3.63, 3.8) is 0 Å². The number of ether oxygens (including phenoxy) is 2. The Labute approximate surface area is 190 Å². The maximum absolute atomic E-state index is 12.9. The predicted octanol–water partition coefficient (Wildman–Crippen LogP) is 3.27. The summed E-state index contributed by atoms with van der Waals surface area (Å²) in [5, 5.41) is 0. The van der Waals surface area contributed by atoms with Gasteiger partial charge in [0.2, 0.25) is 15.9 Å². The lowest BCUT2D eigenvalue weighted by Gasteiger charge is -2.33. The smallest absolute Gasteiger partial charge is 0.416 e. The van der Waals surface area contributed by atoms with Gasteiger partial charge in [0.05, 0.1) is 24.7 Å². The van der Waals surface area contributed by atoms with E-state index in [-0.39, 0.29) is 32.1 Å². The summed E-state index contributed by atoms with van der Waals surface area (Å²) in [4.78, 5) is 13.6. The van der Waals surface area contributed by atoms with Crippen LogP contribution in [0.4, 0.5) is 13.2 Å². The highest BCUT2D eigenvalue weighted by atomic mass is 32.2. The quantitative estimate of drug-likeness (QED) is 0.589. The van der Waals surface area contributed by atoms with Gasteiger partial charge in [-0.3, -0.25) is 4.79 Å². The molecule has 0 N–H and O–H groups in total. The molecule has 0 unspecified atom stereocenters. The zero-order valence-corrected chi connectivity index (χ0v) is 18.8. The summed E-state index contributed by atoms with van der Waals surface area (Å²) in [6, 6.07) is 8.81. The Kier molecular flexibility index (Phi) is 7.33. The molecule has 0 spiro atoms. The normalized spacial score (nSPS) is 15.6. The van der Waals surface area contributed by atoms with Gasteiger partial charge in [0.15, 0.2) is 11.5 Å². The summed E-state index contributed by atoms with van der Waals surface area (Å²) >= 11 is 0. The third kappa shape index (κ3) is 5.66. The fraction of sp³-hybridized carbons (Fsp3) is 0.318. The van der Waals surface area contributed by atoms with E-state index >= 15 is 0 Å². The summed E-state index contributed by atoms with van der Waals surface area (Å²) in [6.07, 6.45) is -1.66. The van der Waals surface area contributed by atoms with Crippen LogP contribution in [0.3, 0.4) is 0 Å². The summed E-state index contributed by atoms with van der Waals surface area (Å²) in [6.45, 7) is 0.198. The van der Waals surface area contributed by atoms with Gasteiger partial charge in [-0.05, 0) is 42.0 Å². The number of amides is 1. The Morgan fingerprint density at radius 1 is 0.970 bits per heavy atom. The highest BCUT2D eigenvalue weighted by Crippen LogP contribution is 2.31. The molecule has 3 rings (SSSR count). The molecule has 178 valence electrons. The number of nitrogens with zero attached hydrogens (tertiary/aromatic N) is 2. The van der Waals surface area contributed by atoms with Gasteiger partial charge in [-0.25, -0.2) is 8.42 Å². The number of hydrogen-bond donors (Lipinski definition) is 0. The van der Waals surface area contributed by atoms with E-state index in [0.29, 0.717) is 23.1 Å². The molecule has 1 heterocycles. The van der Waals surface area contributed by atoms with Crippen LogP contribution in [0.5, 0.6) is 11.5 Å². The van der Waals surface area contributed by atoms with Crippen molar-refractivity contribution in [2.45, 2.75) is 11.1 Å². The summed E-state index contributed by atoms with van der Waals surface area (Å²) in [5.41, 5.74) is -0.315. The molecule has 2 aromatic rings. The van der Waals surface area contributed by atoms with Crippen LogP contribution in [0.15, 0.2) is 53.4 Å². The molecular formula is C22H23F3N2O5S. The molecule has 0 radical (unpaired) electrons. The first-order valence-electron chi connectivity index (χ1n) is 9.92. The van der Waals surface area contributed by atoms with Gasteiger partial charge in [0.1, 0.15) is 0 Å². The van der Waals surface area contributed by atoms with Gasteiger partial charge < -0.3 is 14.4 Å². The third-order valence-corrected chi connectivity index (χ3v) is 7.07. The van der Waals surface area contributed by atoms with Crippen molar-refractivity contribution in [3.05, 3.63) is 59.7 Å². The van der Waals surface area contributed by atoms with Gasteiger partial charge in [0, 0.05) is 32.3 Å². The average molecular weight is 484 g/mol. The SMILES string of the molecule is COc1ccc(/C=C/C(=O)N2CCN(S(=O)(=O)c3cccc(C(F)(F)F)c3)CC2)cc1OC. The third-order valence-electron chi connectivity index (χ3n) is 5.18. The second kappa shape index (κ2) is 9.84. The highest BCUT2D eigenvalue weighted by molar-refractivity contribution is 7.89. The number of methoxy groups -OCH3 is 2. The second-order valence-corrected chi connectivity index (χ2v) is 9.14. The summed E-state index contributed by atoms with van der Waals surface area (Å²) < 4.78 is 75.9. The van der Waals surface area contributed by atoms with Crippen LogP contribution in [0.25, 0.3) is 6.08 Å². The fourth-order valence-electron chi connectivity index (χ4n) is 3.36. The Morgan fingerprint density at radius 2 is 1.64 bits per heavy atom. The van der Waals surface area contributed by atoms with Crippen LogP contribution in [0, 0.1) is 0 Å². The minimum absolute atomic E-state index is 0.0193. The van der Waals surface area contributed by atoms with Crippen molar-refractivity contribution in [3.8, 4) is 11.5 Å². The lowest BCUT2D eigenvalue weighted by Crippen LogP contribution is -2.50. The van der Waals surface area contributed by atoms with E-state index in [1.165, 1.54) is 25.2 Å². The molecule has 0 atom stereocenters. The highest BCUT2D eigenvalue weighted by Gasteiger charge is 2.34. The first-order chi connectivity index (χ1) is 15.6. The zero-order valence-electron chi connectivity index (χ0n) is 18.0. The molecule has 0 bridgehead atoms. The molecule has 0 aliphatic carbocycles. The average Bonchev–Trinajstić information content (AvgIpc) is 2.81. The molecule has 0 saturated carbocycles. The number of halogens is 3. The first-order valence-corrected chi connectivity index (χ1v) is 11.4. The van der Waals surface area contributed by atoms with E-state index in [0.717, 1.165) is 22.5 Å². The van der Waals surface area contributed by atoms with E-state index in [9.17, 15) is 26.4 Å². The standard InChI is InChI=1S/C22H23F3N2O5S/c1-31-19-8-6-16(14-20(19)32-2)7-9-21(28)26-10-12-27(13-11-26)33(29,30)18-5-3-4-17(15-18)22(23,24)25/h3-9,14-15H,10-13H2,1-2H3/b9-7+. The van der Waals surface area contributed by atoms with Crippen molar-refractivity contribution in [1.29, 1.82) is 0 Å². The Bertz CT molecular complexity index is 1140. The Hall–Kier alpha value is -3.05. The Morgan fingerprint density at radius 3 is 2.24 bits per heavy atom. The number of sulfonamides is 1. The van der Waals surface area contributed by atoms with E-state index < -0.39 is 26.7 Å². The molecule has 0 aromatic heterocycles. The van der Waals surface area contributed by atoms with Crippen molar-refractivity contribution < 1.29 is 35.9 Å². The fourth-order valence-corrected chi connectivity index (χ4v) is 4.83. The van der Waals surface area contributed by atoms with Gasteiger partial charge in [-0.15, -0.1) is 0 Å². The van der Waals surface area contributed by atoms with Crippen LogP contribution in [-0.2, 0) is 21.0 Å². The van der Waals surface area contributed by atoms with Crippen molar-refractivity contribution in [2.24, 2.45) is 0 Å². The molecule has 1 saturated heterocycles. The van der Waals surface area contributed by atoms with E-state index in [2.05, 4.69) is 0 Å². The number of carbonyl (C=O) groups excluding carboxylic acids is 1. The van der Waals surface area contributed by atoms with Crippen molar-refractivity contribution in [1.82, 2.24) is 9.21 Å². The zero-order chi connectivity index (χ0) is 24.2. The van der Waals surface area contributed by atoms with E-state index in [1.807, 2.05) is 0 Å². The van der Waals surface area contributed by atoms with Crippen LogP contribution >= 0.6 is 0 Å². The molecule has 2 aromatic carbocycles. The van der Waals surface area contributed by atoms with Crippen molar-refractivity contribution >= 4 is 22.0 Å². The number of carbonyl (C=O) groups is 1. The predicted molar refractivity (Wildman–Crippen MR) is 115 cm³/mol. The molecular weight excluding hydrogens is 461 g/mol. The summed E-state index contributed by atoms with van der Waals surface area (Å²) in [5.74, 6) is 0.764. The topological polar surface area (TPSA) is 76.2 Å². The molecule has 33 heavy (non-hydrogen) atoms. The minimum atomic E-state index is -4.64. The maximum atomic E-state index is 12.9. The van der Waals surface area contributed by atoms with Gasteiger partial charge >= 0.3 is 6.18 Å². The molecule has 1 aliphatic heterocycles. The molecule has 1 fully saturated rings. The molecule has 1 amide bonds. The lowest BCUT2D eigenvalue weighted by molar-refractivity contribution is -0.137. The maximum Gasteiger partial charge on any atom is 0.416 e. The number of alkyl halides is 3. The van der Waals surface area contributed by atoms with Crippen molar-refractivity contribution in [2.75, 3.05) is 40.4 Å². The first kappa shape index (κ1) is 24.6. The molecule has 7 nitrogen and oxygen atoms in total. The van der Waals surface area contributed by atoms with Gasteiger partial charge in [0.25, 0.3) is 0 Å². The minimum Gasteiger partial charge on any atom is -0.493 e. The monoisotopic (exact) mass is 484 g/mol. The van der Waals surface area contributed by atoms with Crippen LogP contribution < -0.4 is 9.47 Å². The van der Waals surface area contributed by atoms with Crippen LogP contribution in [-0.4, -0.2) is 63.9 Å². The number of hydrogen-bond acceptors (Lipinski definition) is 5. The summed E-state index contributed by atoms with van der Waals surface area (Å²) in [7, 11) is -1.09. The lowest BCUT2D eigenvalue weighted by atomic mass is 10.2. The Balaban J connectivity index is 1.64. The van der Waals surface area contributed by atoms with Crippen LogP contribution in [0.1, 0.15) is 11.1 Å². The molecule has 11 heteroatoms. The second-order valence-electron chi connectivity index (χ2n) is 7.20. The number of benzene rings is 2. The number of rotatable bonds is 6. The van der Waals surface area contributed by atoms with Gasteiger partial charge in [-0.2, -0.15) is 17.5 Å². The molecule has 1 aliphatic rings. The van der Waals surface area contributed by atoms with E-state index in [4.69, 9.17) is 9.47 Å². The van der Waals surface area contributed by atoms with E-state index in [1.54, 1.807) is 24.3 Å². The largest absolute Gasteiger partial charge is 0.493 e. The van der Waals surface area contributed by atoms with Gasteiger partial charge in [-0.1, -0.05) is 12.1 Å². The number of piperazine rings is 1. The van der Waals surface area contributed by atoms with Crippen LogP contribution in [0.2, 0.25) is 0 Å².